The molecule has 0 amide bonds. The zero-order valence-electron chi connectivity index (χ0n) is 66.7. The van der Waals surface area contributed by atoms with Gasteiger partial charge in [0.05, 0.1) is 29.3 Å². The highest BCUT2D eigenvalue weighted by Gasteiger charge is 2.46. The molecule has 0 spiro atoms. The van der Waals surface area contributed by atoms with Gasteiger partial charge >= 0.3 is 0 Å². The molecule has 16 rings (SSSR count). The minimum absolute atomic E-state index is 0.141. The van der Waals surface area contributed by atoms with Gasteiger partial charge < -0.3 is 14.4 Å². The maximum Gasteiger partial charge on any atom is 0.252 e. The molecule has 2 aliphatic rings. The van der Waals surface area contributed by atoms with Gasteiger partial charge in [0.15, 0.2) is 0 Å². The molecule has 502 valence electrons. The Morgan fingerprint density at radius 2 is 0.667 bits per heavy atom. The van der Waals surface area contributed by atoms with Crippen molar-refractivity contribution in [3.63, 3.8) is 0 Å². The summed E-state index contributed by atoms with van der Waals surface area (Å²) < 4.78 is 49.2. The molecule has 0 radical (unpaired) electrons. The first-order chi connectivity index (χ1) is 50.8. The number of nitrogens with zero attached hydrogens (tertiary/aromatic N) is 3. The number of aromatic nitrogens is 1. The van der Waals surface area contributed by atoms with Crippen molar-refractivity contribution in [3.05, 3.63) is 313 Å². The summed E-state index contributed by atoms with van der Waals surface area (Å²) >= 11 is 0. The normalized spacial score (nSPS) is 13.9. The highest BCUT2D eigenvalue weighted by molar-refractivity contribution is 7.00. The summed E-state index contributed by atoms with van der Waals surface area (Å²) in [6.45, 7) is 34.3. The summed E-state index contributed by atoms with van der Waals surface area (Å²) in [6.07, 6.45) is 0. The number of hydrogen-bond acceptors (Lipinski definition) is 2. The maximum absolute atomic E-state index is 9.73. The fourth-order valence-electron chi connectivity index (χ4n) is 15.7. The first kappa shape index (κ1) is 60.1. The highest BCUT2D eigenvalue weighted by atomic mass is 15.2. The molecule has 4 heteroatoms. The Labute approximate surface area is 612 Å². The van der Waals surface area contributed by atoms with Crippen molar-refractivity contribution >= 4 is 79.0 Å². The Bertz CT molecular complexity index is 5750. The van der Waals surface area contributed by atoms with Gasteiger partial charge in [-0.15, -0.1) is 0 Å². The molecule has 0 aliphatic carbocycles. The van der Waals surface area contributed by atoms with Crippen molar-refractivity contribution in [2.45, 2.75) is 131 Å². The topological polar surface area (TPSA) is 11.4 Å². The summed E-state index contributed by atoms with van der Waals surface area (Å²) in [4.78, 5) is 5.19. The second-order valence-corrected chi connectivity index (χ2v) is 33.5. The summed E-state index contributed by atoms with van der Waals surface area (Å²) in [5, 5.41) is 2.10. The van der Waals surface area contributed by atoms with Crippen LogP contribution in [-0.4, -0.2) is 11.3 Å². The SMILES string of the molecule is [2H]c1c([2H])c([2H])c(-c2ccc3c(c2)N(c2c(-c4ccccc4)ccc4c2c2ccccc2n4-c2ccccc2)c2cc(-c4cc(C(C)(C)C)cc(C(C)(C)C)c4)cc4c2B3c2ccc(-c3cc(C(C)(C)C)cc(C(C)(C)C)c3)cc2N4c2c(-c3ccccc3)cc(C(C)(C)C)cc2-c2ccccc2)c([2H])c1[2H]. The Hall–Kier alpha value is -10.7. The molecule has 0 saturated heterocycles. The molecule has 14 aromatic rings. The van der Waals surface area contributed by atoms with Gasteiger partial charge in [-0.1, -0.05) is 328 Å². The number of hydrogen-bond donors (Lipinski definition) is 0. The van der Waals surface area contributed by atoms with Gasteiger partial charge in [-0.2, -0.15) is 0 Å². The monoisotopic (exact) mass is 1330 g/mol. The lowest BCUT2D eigenvalue weighted by molar-refractivity contribution is 0.568. The van der Waals surface area contributed by atoms with Gasteiger partial charge in [0, 0.05) is 55.9 Å². The van der Waals surface area contributed by atoms with Gasteiger partial charge in [-0.25, -0.2) is 0 Å². The van der Waals surface area contributed by atoms with Gasteiger partial charge in [-0.3, -0.25) is 0 Å². The fourth-order valence-corrected chi connectivity index (χ4v) is 15.7. The summed E-state index contributed by atoms with van der Waals surface area (Å²) in [7, 11) is 0. The molecular weight excluding hydrogens is 1230 g/mol. The molecule has 0 unspecified atom stereocenters. The van der Waals surface area contributed by atoms with E-state index in [1.54, 1.807) is 0 Å². The summed E-state index contributed by atoms with van der Waals surface area (Å²) in [6, 6.07) is 93.1. The van der Waals surface area contributed by atoms with Crippen LogP contribution in [0.2, 0.25) is 0 Å². The molecule has 2 aliphatic heterocycles. The van der Waals surface area contributed by atoms with E-state index in [9.17, 15) is 5.48 Å². The Morgan fingerprint density at radius 3 is 1.14 bits per heavy atom. The Balaban J connectivity index is 1.16. The first-order valence-electron chi connectivity index (χ1n) is 38.8. The van der Waals surface area contributed by atoms with E-state index in [4.69, 9.17) is 1.37 Å². The number of para-hydroxylation sites is 2. The lowest BCUT2D eigenvalue weighted by Gasteiger charge is -2.46. The highest BCUT2D eigenvalue weighted by Crippen LogP contribution is 2.56. The molecule has 1 aromatic heterocycles. The third-order valence-electron chi connectivity index (χ3n) is 21.4. The van der Waals surface area contributed by atoms with Crippen LogP contribution in [0.1, 0.15) is 139 Å². The molecule has 3 nitrogen and oxygen atoms in total. The zero-order valence-corrected chi connectivity index (χ0v) is 61.7. The van der Waals surface area contributed by atoms with Crippen LogP contribution >= 0.6 is 0 Å². The predicted octanol–water partition coefficient (Wildman–Crippen LogP) is 25.4. The van der Waals surface area contributed by atoms with Crippen LogP contribution in [0.5, 0.6) is 0 Å². The van der Waals surface area contributed by atoms with Crippen molar-refractivity contribution in [3.8, 4) is 72.4 Å². The van der Waals surface area contributed by atoms with E-state index < -0.39 is 12.8 Å². The van der Waals surface area contributed by atoms with Crippen molar-refractivity contribution in [2.75, 3.05) is 9.80 Å². The molecule has 0 N–H and O–H groups in total. The standard InChI is InChI=1S/C98H92BN3/c1-94(2,3)72-51-69(52-73(59-72)95(4,5)6)68-46-49-82-86(56-68)101(92-80(65-37-25-18-26-38-65)61-76(98(13,14)15)62-81(92)66-39-27-19-28-40-66)88-57-71(70-53-74(96(7,8)9)60-75(54-70)97(10,11)12)58-89-91(88)99(82)83-48-45-67(63-33-21-16-22-34-63)55-87(83)102(89)93-78(64-35-23-17-24-36-64)47-50-85-90(93)79-43-31-32-44-84(79)100(85)77-41-29-20-30-42-77/h16-62H,1-15H3/i16D,21D,22D,33D,34D. The second kappa shape index (κ2) is 24.6. The number of fused-ring (bicyclic) bond motifs is 7. The fraction of sp³-hybridized carbons (Fsp3) is 0.204. The van der Waals surface area contributed by atoms with Gasteiger partial charge in [0.25, 0.3) is 6.71 Å². The number of benzene rings is 13. The number of rotatable bonds is 9. The largest absolute Gasteiger partial charge is 0.310 e. The van der Waals surface area contributed by atoms with Crippen LogP contribution in [-0.2, 0) is 27.1 Å². The zero-order chi connectivity index (χ0) is 75.3. The average molecular weight is 1330 g/mol. The second-order valence-electron chi connectivity index (χ2n) is 33.5. The van der Waals surface area contributed by atoms with E-state index in [1.807, 2.05) is 6.07 Å². The molecule has 3 heterocycles. The van der Waals surface area contributed by atoms with E-state index in [-0.39, 0.29) is 56.8 Å². The van der Waals surface area contributed by atoms with Crippen LogP contribution in [0.4, 0.5) is 34.1 Å². The number of anilines is 6. The van der Waals surface area contributed by atoms with Crippen LogP contribution in [0.15, 0.2) is 285 Å². The third-order valence-corrected chi connectivity index (χ3v) is 21.4. The molecule has 102 heavy (non-hydrogen) atoms. The molecule has 13 aromatic carbocycles. The summed E-state index contributed by atoms with van der Waals surface area (Å²) in [5.41, 5.74) is 28.7. The van der Waals surface area contributed by atoms with E-state index in [2.05, 4.69) is 367 Å². The Kier molecular flexibility index (Phi) is 14.5. The first-order valence-corrected chi connectivity index (χ1v) is 36.3. The maximum atomic E-state index is 9.73. The van der Waals surface area contributed by atoms with Crippen molar-refractivity contribution < 1.29 is 6.85 Å². The molecular formula is C98H92BN3. The van der Waals surface area contributed by atoms with E-state index in [0.29, 0.717) is 5.56 Å². The predicted molar refractivity (Wildman–Crippen MR) is 441 cm³/mol. The lowest BCUT2D eigenvalue weighted by Crippen LogP contribution is -2.61. The van der Waals surface area contributed by atoms with Crippen LogP contribution in [0.25, 0.3) is 94.3 Å². The molecule has 0 bridgehead atoms. The molecule has 0 fully saturated rings. The van der Waals surface area contributed by atoms with E-state index in [0.717, 1.165) is 134 Å². The lowest BCUT2D eigenvalue weighted by atomic mass is 9.33. The van der Waals surface area contributed by atoms with Crippen molar-refractivity contribution in [1.82, 2.24) is 4.57 Å². The third kappa shape index (κ3) is 11.6. The van der Waals surface area contributed by atoms with Gasteiger partial charge in [-0.05, 0) is 182 Å². The van der Waals surface area contributed by atoms with Crippen molar-refractivity contribution in [2.24, 2.45) is 0 Å². The minimum atomic E-state index is -0.439. The average Bonchev–Trinajstić information content (AvgIpc) is 1.48. The Morgan fingerprint density at radius 1 is 0.284 bits per heavy atom. The van der Waals surface area contributed by atoms with Crippen LogP contribution in [0, 0.1) is 0 Å². The van der Waals surface area contributed by atoms with Gasteiger partial charge in [0.2, 0.25) is 0 Å². The van der Waals surface area contributed by atoms with E-state index >= 15 is 0 Å². The van der Waals surface area contributed by atoms with E-state index in [1.165, 1.54) is 27.8 Å². The van der Waals surface area contributed by atoms with Crippen LogP contribution < -0.4 is 26.2 Å². The van der Waals surface area contributed by atoms with Crippen molar-refractivity contribution in [1.29, 1.82) is 0 Å². The summed E-state index contributed by atoms with van der Waals surface area (Å²) in [5.74, 6) is 0. The van der Waals surface area contributed by atoms with Crippen LogP contribution in [0.3, 0.4) is 0 Å². The van der Waals surface area contributed by atoms with Gasteiger partial charge in [0.1, 0.15) is 0 Å². The molecule has 0 atom stereocenters. The quantitative estimate of drug-likeness (QED) is 0.133. The molecule has 0 saturated carbocycles. The smallest absolute Gasteiger partial charge is 0.252 e. The minimum Gasteiger partial charge on any atom is -0.310 e.